The van der Waals surface area contributed by atoms with Crippen LogP contribution in [0.25, 0.3) is 0 Å². The SMILES string of the molecule is CCOc1ccc(C(=O)N[C@H](C(=O)OC)C(C)(C)NC(=O)OC(C)(C)C)cc1. The predicted octanol–water partition coefficient (Wildman–Crippen LogP) is 2.66. The summed E-state index contributed by atoms with van der Waals surface area (Å²) in [5.41, 5.74) is -1.53. The summed E-state index contributed by atoms with van der Waals surface area (Å²) >= 11 is 0. The summed E-state index contributed by atoms with van der Waals surface area (Å²) in [5.74, 6) is -0.548. The molecule has 2 amide bonds. The van der Waals surface area contributed by atoms with Crippen LogP contribution in [-0.2, 0) is 14.3 Å². The van der Waals surface area contributed by atoms with E-state index >= 15 is 0 Å². The number of methoxy groups -OCH3 is 1. The van der Waals surface area contributed by atoms with Crippen LogP contribution in [0, 0.1) is 0 Å². The van der Waals surface area contributed by atoms with Gasteiger partial charge in [0.2, 0.25) is 0 Å². The number of hydrogen-bond donors (Lipinski definition) is 2. The van der Waals surface area contributed by atoms with Crippen LogP contribution in [-0.4, -0.2) is 48.9 Å². The smallest absolute Gasteiger partial charge is 0.408 e. The molecule has 0 saturated carbocycles. The summed E-state index contributed by atoms with van der Waals surface area (Å²) in [7, 11) is 1.21. The van der Waals surface area contributed by atoms with Gasteiger partial charge in [0, 0.05) is 5.56 Å². The number of rotatable bonds is 7. The van der Waals surface area contributed by atoms with Crippen molar-refractivity contribution < 1.29 is 28.6 Å². The Balaban J connectivity index is 2.96. The molecule has 1 rings (SSSR count). The Morgan fingerprint density at radius 2 is 1.61 bits per heavy atom. The van der Waals surface area contributed by atoms with Crippen molar-refractivity contribution in [3.63, 3.8) is 0 Å². The number of carbonyl (C=O) groups excluding carboxylic acids is 3. The van der Waals surface area contributed by atoms with Gasteiger partial charge in [-0.2, -0.15) is 0 Å². The first kappa shape index (κ1) is 23.3. The first-order valence-electron chi connectivity index (χ1n) is 9.02. The highest BCUT2D eigenvalue weighted by atomic mass is 16.6. The minimum absolute atomic E-state index is 0.338. The quantitative estimate of drug-likeness (QED) is 0.689. The maximum atomic E-state index is 12.6. The fraction of sp³-hybridized carbons (Fsp3) is 0.550. The van der Waals surface area contributed by atoms with Gasteiger partial charge in [-0.25, -0.2) is 9.59 Å². The van der Waals surface area contributed by atoms with E-state index in [2.05, 4.69) is 10.6 Å². The fourth-order valence-corrected chi connectivity index (χ4v) is 2.37. The van der Waals surface area contributed by atoms with E-state index in [4.69, 9.17) is 14.2 Å². The topological polar surface area (TPSA) is 103 Å². The van der Waals surface area contributed by atoms with Crippen molar-refractivity contribution in [3.05, 3.63) is 29.8 Å². The molecule has 1 atom stereocenters. The molecule has 0 fully saturated rings. The summed E-state index contributed by atoms with van der Waals surface area (Å²) in [6, 6.07) is 5.36. The molecular weight excluding hydrogens is 364 g/mol. The number of alkyl carbamates (subject to hydrolysis) is 1. The summed E-state index contributed by atoms with van der Waals surface area (Å²) in [4.78, 5) is 37.0. The Bertz CT molecular complexity index is 692. The number of nitrogens with one attached hydrogen (secondary N) is 2. The minimum Gasteiger partial charge on any atom is -0.494 e. The lowest BCUT2D eigenvalue weighted by Crippen LogP contribution is -2.62. The van der Waals surface area contributed by atoms with Crippen molar-refractivity contribution in [2.45, 2.75) is 58.7 Å². The molecule has 0 aliphatic heterocycles. The summed E-state index contributed by atoms with van der Waals surface area (Å²) in [6.45, 7) is 10.7. The molecule has 0 spiro atoms. The molecule has 28 heavy (non-hydrogen) atoms. The van der Waals surface area contributed by atoms with Gasteiger partial charge in [-0.15, -0.1) is 0 Å². The van der Waals surface area contributed by atoms with Gasteiger partial charge in [0.15, 0.2) is 0 Å². The molecule has 0 aliphatic rings. The highest BCUT2D eigenvalue weighted by molar-refractivity contribution is 5.97. The third kappa shape index (κ3) is 7.09. The molecule has 1 aromatic rings. The van der Waals surface area contributed by atoms with Crippen molar-refractivity contribution in [1.29, 1.82) is 0 Å². The number of amides is 2. The highest BCUT2D eigenvalue weighted by Crippen LogP contribution is 2.16. The zero-order chi connectivity index (χ0) is 21.5. The largest absolute Gasteiger partial charge is 0.494 e. The van der Waals surface area contributed by atoms with Gasteiger partial charge in [0.25, 0.3) is 5.91 Å². The van der Waals surface area contributed by atoms with Crippen LogP contribution < -0.4 is 15.4 Å². The van der Waals surface area contributed by atoms with Crippen LogP contribution in [0.5, 0.6) is 5.75 Å². The van der Waals surface area contributed by atoms with Crippen molar-refractivity contribution in [1.82, 2.24) is 10.6 Å². The molecule has 8 heteroatoms. The summed E-state index contributed by atoms with van der Waals surface area (Å²) < 4.78 is 15.4. The van der Waals surface area contributed by atoms with Crippen molar-refractivity contribution in [2.75, 3.05) is 13.7 Å². The van der Waals surface area contributed by atoms with Gasteiger partial charge in [-0.3, -0.25) is 4.79 Å². The summed E-state index contributed by atoms with van der Waals surface area (Å²) in [5, 5.41) is 5.23. The van der Waals surface area contributed by atoms with E-state index in [1.165, 1.54) is 7.11 Å². The monoisotopic (exact) mass is 394 g/mol. The third-order valence-corrected chi connectivity index (χ3v) is 3.68. The lowest BCUT2D eigenvalue weighted by atomic mass is 9.94. The minimum atomic E-state index is -1.17. The molecule has 0 aromatic heterocycles. The van der Waals surface area contributed by atoms with Crippen LogP contribution in [0.1, 0.15) is 51.9 Å². The number of hydrogen-bond acceptors (Lipinski definition) is 6. The predicted molar refractivity (Wildman–Crippen MR) is 104 cm³/mol. The number of benzene rings is 1. The second kappa shape index (κ2) is 9.43. The third-order valence-electron chi connectivity index (χ3n) is 3.68. The van der Waals surface area contributed by atoms with Gasteiger partial charge < -0.3 is 24.8 Å². The van der Waals surface area contributed by atoms with Crippen LogP contribution in [0.3, 0.4) is 0 Å². The normalized spacial score (nSPS) is 12.5. The molecule has 8 nitrogen and oxygen atoms in total. The second-order valence-corrected chi connectivity index (χ2v) is 7.74. The van der Waals surface area contributed by atoms with Gasteiger partial charge >= 0.3 is 12.1 Å². The van der Waals surface area contributed by atoms with Crippen molar-refractivity contribution in [3.8, 4) is 5.75 Å². The molecule has 0 unspecified atom stereocenters. The average Bonchev–Trinajstić information content (AvgIpc) is 2.57. The van der Waals surface area contributed by atoms with E-state index in [-0.39, 0.29) is 0 Å². The zero-order valence-corrected chi connectivity index (χ0v) is 17.5. The van der Waals surface area contributed by atoms with Gasteiger partial charge in [0.1, 0.15) is 17.4 Å². The average molecular weight is 394 g/mol. The lowest BCUT2D eigenvalue weighted by Gasteiger charge is -2.34. The van der Waals surface area contributed by atoms with E-state index < -0.39 is 35.2 Å². The van der Waals surface area contributed by atoms with E-state index in [1.807, 2.05) is 6.92 Å². The van der Waals surface area contributed by atoms with Crippen LogP contribution >= 0.6 is 0 Å². The van der Waals surface area contributed by atoms with E-state index in [1.54, 1.807) is 58.9 Å². The van der Waals surface area contributed by atoms with Crippen LogP contribution in [0.2, 0.25) is 0 Å². The first-order chi connectivity index (χ1) is 12.9. The molecular formula is C20H30N2O6. The molecule has 2 N–H and O–H groups in total. The molecule has 0 bridgehead atoms. The highest BCUT2D eigenvalue weighted by Gasteiger charge is 2.39. The van der Waals surface area contributed by atoms with E-state index in [0.717, 1.165) is 0 Å². The van der Waals surface area contributed by atoms with E-state index in [0.29, 0.717) is 17.9 Å². The Kier molecular flexibility index (Phi) is 7.84. The molecule has 0 heterocycles. The van der Waals surface area contributed by atoms with E-state index in [9.17, 15) is 14.4 Å². The van der Waals surface area contributed by atoms with Gasteiger partial charge in [-0.1, -0.05) is 0 Å². The van der Waals surface area contributed by atoms with Gasteiger partial charge in [0.05, 0.1) is 19.3 Å². The number of carbonyl (C=O) groups is 3. The van der Waals surface area contributed by atoms with Gasteiger partial charge in [-0.05, 0) is 65.8 Å². The van der Waals surface area contributed by atoms with Crippen molar-refractivity contribution >= 4 is 18.0 Å². The fourth-order valence-electron chi connectivity index (χ4n) is 2.37. The Morgan fingerprint density at radius 3 is 2.07 bits per heavy atom. The molecule has 0 saturated heterocycles. The molecule has 0 aliphatic carbocycles. The Morgan fingerprint density at radius 1 is 1.04 bits per heavy atom. The second-order valence-electron chi connectivity index (χ2n) is 7.74. The van der Waals surface area contributed by atoms with Crippen LogP contribution in [0.15, 0.2) is 24.3 Å². The number of esters is 1. The zero-order valence-electron chi connectivity index (χ0n) is 17.5. The number of ether oxygens (including phenoxy) is 3. The van der Waals surface area contributed by atoms with Crippen molar-refractivity contribution in [2.24, 2.45) is 0 Å². The lowest BCUT2D eigenvalue weighted by molar-refractivity contribution is -0.144. The molecule has 0 radical (unpaired) electrons. The van der Waals surface area contributed by atoms with Crippen LogP contribution in [0.4, 0.5) is 4.79 Å². The summed E-state index contributed by atoms with van der Waals surface area (Å²) in [6.07, 6.45) is -0.707. The molecule has 156 valence electrons. The maximum Gasteiger partial charge on any atom is 0.408 e. The maximum absolute atomic E-state index is 12.6. The molecule has 1 aromatic carbocycles. The Hall–Kier alpha value is -2.77. The first-order valence-corrected chi connectivity index (χ1v) is 9.02. The Labute approximate surface area is 165 Å². The standard InChI is InChI=1S/C20H30N2O6/c1-8-27-14-11-9-13(10-12-14)16(23)21-15(17(24)26-7)20(5,6)22-18(25)28-19(2,3)4/h9-12,15H,8H2,1-7H3,(H,21,23)(H,22,25)/t15-/m1/s1.